The standard InChI is InChI=1S/C20H14ClN3O2/c1-12-18(14-4-2-3-13(9-14)11-25)19-17(10-22-12)20(26)24(23-19)16-7-5-15(21)6-8-16/h2-11,23H,1H3. The van der Waals surface area contributed by atoms with Crippen LogP contribution in [0.5, 0.6) is 0 Å². The second kappa shape index (κ2) is 6.28. The molecule has 0 spiro atoms. The van der Waals surface area contributed by atoms with E-state index in [0.717, 1.165) is 23.1 Å². The molecule has 26 heavy (non-hydrogen) atoms. The average Bonchev–Trinajstić information content (AvgIpc) is 2.99. The molecule has 0 atom stereocenters. The lowest BCUT2D eigenvalue weighted by Gasteiger charge is -2.07. The van der Waals surface area contributed by atoms with Gasteiger partial charge in [-0.1, -0.05) is 29.8 Å². The first-order valence-corrected chi connectivity index (χ1v) is 8.38. The summed E-state index contributed by atoms with van der Waals surface area (Å²) in [6, 6.07) is 14.2. The second-order valence-electron chi connectivity index (χ2n) is 5.98. The summed E-state index contributed by atoms with van der Waals surface area (Å²) in [4.78, 5) is 28.3. The predicted octanol–water partition coefficient (Wildman–Crippen LogP) is 4.16. The van der Waals surface area contributed by atoms with Crippen LogP contribution in [-0.4, -0.2) is 21.1 Å². The number of benzene rings is 2. The Morgan fingerprint density at radius 3 is 2.65 bits per heavy atom. The van der Waals surface area contributed by atoms with Crippen molar-refractivity contribution in [1.29, 1.82) is 0 Å². The summed E-state index contributed by atoms with van der Waals surface area (Å²) in [5, 5.41) is 4.26. The number of H-pyrrole nitrogens is 1. The average molecular weight is 364 g/mol. The SMILES string of the molecule is Cc1ncc2c(=O)n(-c3ccc(Cl)cc3)[nH]c2c1-c1cccc(C=O)c1. The van der Waals surface area contributed by atoms with Gasteiger partial charge >= 0.3 is 0 Å². The van der Waals surface area contributed by atoms with E-state index in [4.69, 9.17) is 11.6 Å². The summed E-state index contributed by atoms with van der Waals surface area (Å²) >= 11 is 5.94. The van der Waals surface area contributed by atoms with E-state index in [-0.39, 0.29) is 5.56 Å². The van der Waals surface area contributed by atoms with Crippen molar-refractivity contribution in [3.05, 3.63) is 81.4 Å². The van der Waals surface area contributed by atoms with E-state index in [1.165, 1.54) is 4.68 Å². The number of aldehydes is 1. The van der Waals surface area contributed by atoms with Crippen molar-refractivity contribution in [2.75, 3.05) is 0 Å². The molecule has 4 rings (SSSR count). The van der Waals surface area contributed by atoms with Crippen LogP contribution in [0.3, 0.4) is 0 Å². The Morgan fingerprint density at radius 2 is 1.92 bits per heavy atom. The predicted molar refractivity (Wildman–Crippen MR) is 102 cm³/mol. The minimum atomic E-state index is -0.192. The van der Waals surface area contributed by atoms with Crippen molar-refractivity contribution >= 4 is 28.8 Å². The van der Waals surface area contributed by atoms with Gasteiger partial charge in [0, 0.05) is 28.0 Å². The number of aryl methyl sites for hydroxylation is 1. The van der Waals surface area contributed by atoms with Gasteiger partial charge in [0.15, 0.2) is 0 Å². The molecule has 0 saturated heterocycles. The maximum absolute atomic E-state index is 12.8. The highest BCUT2D eigenvalue weighted by molar-refractivity contribution is 6.30. The van der Waals surface area contributed by atoms with Gasteiger partial charge in [0.25, 0.3) is 5.56 Å². The highest BCUT2D eigenvalue weighted by atomic mass is 35.5. The molecule has 0 saturated carbocycles. The van der Waals surface area contributed by atoms with Gasteiger partial charge in [-0.15, -0.1) is 0 Å². The van der Waals surface area contributed by atoms with E-state index in [1.807, 2.05) is 19.1 Å². The van der Waals surface area contributed by atoms with Crippen molar-refractivity contribution < 1.29 is 4.79 Å². The number of halogens is 1. The molecule has 0 aliphatic rings. The monoisotopic (exact) mass is 363 g/mol. The third-order valence-corrected chi connectivity index (χ3v) is 4.57. The fourth-order valence-corrected chi connectivity index (χ4v) is 3.19. The number of nitrogens with one attached hydrogen (secondary N) is 1. The lowest BCUT2D eigenvalue weighted by molar-refractivity contribution is 0.112. The molecular weight excluding hydrogens is 350 g/mol. The normalized spacial score (nSPS) is 11.0. The number of nitrogens with zero attached hydrogens (tertiary/aromatic N) is 2. The summed E-state index contributed by atoms with van der Waals surface area (Å²) in [5.74, 6) is 0. The fraction of sp³-hybridized carbons (Fsp3) is 0.0500. The number of pyridine rings is 1. The highest BCUT2D eigenvalue weighted by Crippen LogP contribution is 2.29. The van der Waals surface area contributed by atoms with Crippen LogP contribution < -0.4 is 5.56 Å². The van der Waals surface area contributed by atoms with Crippen molar-refractivity contribution in [3.63, 3.8) is 0 Å². The quantitative estimate of drug-likeness (QED) is 0.556. The van der Waals surface area contributed by atoms with E-state index in [1.54, 1.807) is 42.6 Å². The van der Waals surface area contributed by atoms with E-state index < -0.39 is 0 Å². The number of carbonyl (C=O) groups is 1. The van der Waals surface area contributed by atoms with Crippen LogP contribution in [-0.2, 0) is 0 Å². The minimum absolute atomic E-state index is 0.192. The molecule has 0 aliphatic carbocycles. The zero-order valence-electron chi connectivity index (χ0n) is 13.9. The Bertz CT molecular complexity index is 1190. The Kier molecular flexibility index (Phi) is 3.93. The highest BCUT2D eigenvalue weighted by Gasteiger charge is 2.16. The second-order valence-corrected chi connectivity index (χ2v) is 6.42. The Hall–Kier alpha value is -3.18. The smallest absolute Gasteiger partial charge is 0.280 e. The summed E-state index contributed by atoms with van der Waals surface area (Å²) in [5.41, 5.74) is 4.14. The van der Waals surface area contributed by atoms with Crippen molar-refractivity contribution in [1.82, 2.24) is 14.8 Å². The summed E-state index contributed by atoms with van der Waals surface area (Å²) < 4.78 is 1.47. The molecule has 0 amide bonds. The molecule has 2 aromatic carbocycles. The van der Waals surface area contributed by atoms with Gasteiger partial charge in [-0.25, -0.2) is 4.68 Å². The van der Waals surface area contributed by atoms with Crippen molar-refractivity contribution in [2.45, 2.75) is 6.92 Å². The minimum Gasteiger partial charge on any atom is -0.298 e. The number of aromatic nitrogens is 3. The van der Waals surface area contributed by atoms with E-state index >= 15 is 0 Å². The Labute approximate surface area is 153 Å². The third-order valence-electron chi connectivity index (χ3n) is 4.32. The summed E-state index contributed by atoms with van der Waals surface area (Å²) in [6.07, 6.45) is 2.37. The van der Waals surface area contributed by atoms with Crippen molar-refractivity contribution in [3.8, 4) is 16.8 Å². The molecule has 4 aromatic rings. The molecular formula is C20H14ClN3O2. The molecule has 128 valence electrons. The molecule has 0 aliphatic heterocycles. The van der Waals surface area contributed by atoms with Gasteiger partial charge in [0.2, 0.25) is 0 Å². The Morgan fingerprint density at radius 1 is 1.15 bits per heavy atom. The van der Waals surface area contributed by atoms with Gasteiger partial charge < -0.3 is 0 Å². The lowest BCUT2D eigenvalue weighted by Crippen LogP contribution is -2.14. The number of aromatic amines is 1. The lowest BCUT2D eigenvalue weighted by atomic mass is 10.0. The largest absolute Gasteiger partial charge is 0.298 e. The maximum atomic E-state index is 12.8. The molecule has 6 heteroatoms. The van der Waals surface area contributed by atoms with E-state index in [2.05, 4.69) is 10.1 Å². The third kappa shape index (κ3) is 2.62. The van der Waals surface area contributed by atoms with Crippen LogP contribution in [0, 0.1) is 6.92 Å². The molecule has 0 bridgehead atoms. The topological polar surface area (TPSA) is 67.8 Å². The van der Waals surface area contributed by atoms with Crippen LogP contribution >= 0.6 is 11.6 Å². The van der Waals surface area contributed by atoms with Crippen LogP contribution in [0.15, 0.2) is 59.5 Å². The van der Waals surface area contributed by atoms with Crippen molar-refractivity contribution in [2.24, 2.45) is 0 Å². The number of hydrogen-bond acceptors (Lipinski definition) is 3. The molecule has 0 radical (unpaired) electrons. The summed E-state index contributed by atoms with van der Waals surface area (Å²) in [7, 11) is 0. The fourth-order valence-electron chi connectivity index (χ4n) is 3.06. The number of fused-ring (bicyclic) bond motifs is 1. The first-order chi connectivity index (χ1) is 12.6. The molecule has 5 nitrogen and oxygen atoms in total. The van der Waals surface area contributed by atoms with E-state index in [9.17, 15) is 9.59 Å². The van der Waals surface area contributed by atoms with Gasteiger partial charge in [0.05, 0.1) is 16.6 Å². The molecule has 2 aromatic heterocycles. The molecule has 1 N–H and O–H groups in total. The van der Waals surface area contributed by atoms with Crippen LogP contribution in [0.2, 0.25) is 5.02 Å². The number of rotatable bonds is 3. The van der Waals surface area contributed by atoms with Crippen LogP contribution in [0.4, 0.5) is 0 Å². The zero-order chi connectivity index (χ0) is 18.3. The molecule has 0 unspecified atom stereocenters. The van der Waals surface area contributed by atoms with Gasteiger partial charge in [-0.3, -0.25) is 19.7 Å². The molecule has 2 heterocycles. The number of carbonyl (C=O) groups excluding carboxylic acids is 1. The number of hydrogen-bond donors (Lipinski definition) is 1. The van der Waals surface area contributed by atoms with E-state index in [0.29, 0.717) is 27.2 Å². The van der Waals surface area contributed by atoms with Crippen LogP contribution in [0.1, 0.15) is 16.1 Å². The summed E-state index contributed by atoms with van der Waals surface area (Å²) in [6.45, 7) is 1.88. The van der Waals surface area contributed by atoms with Gasteiger partial charge in [-0.2, -0.15) is 0 Å². The van der Waals surface area contributed by atoms with Gasteiger partial charge in [-0.05, 0) is 42.8 Å². The molecule has 0 fully saturated rings. The van der Waals surface area contributed by atoms with Gasteiger partial charge in [0.1, 0.15) is 6.29 Å². The first-order valence-electron chi connectivity index (χ1n) is 8.00. The van der Waals surface area contributed by atoms with Crippen LogP contribution in [0.25, 0.3) is 27.7 Å². The maximum Gasteiger partial charge on any atom is 0.280 e. The zero-order valence-corrected chi connectivity index (χ0v) is 14.6. The Balaban J connectivity index is 2.01. The first kappa shape index (κ1) is 16.3.